The lowest BCUT2D eigenvalue weighted by molar-refractivity contribution is 0.0692. The molecule has 5 nitrogen and oxygen atoms in total. The number of aromatic nitrogens is 1. The number of carboxylic acids is 1. The van der Waals surface area contributed by atoms with Crippen molar-refractivity contribution in [2.75, 3.05) is 5.73 Å². The van der Waals surface area contributed by atoms with Crippen LogP contribution in [0.4, 0.5) is 5.69 Å². The SMILES string of the molecule is Nc1c(C(=O)CC2CCCCC2)ccnc1C(=O)O. The Balaban J connectivity index is 2.14. The Labute approximate surface area is 111 Å². The molecule has 0 radical (unpaired) electrons. The summed E-state index contributed by atoms with van der Waals surface area (Å²) in [6.07, 6.45) is 7.51. The van der Waals surface area contributed by atoms with E-state index in [1.807, 2.05) is 0 Å². The normalized spacial score (nSPS) is 16.2. The molecule has 102 valence electrons. The van der Waals surface area contributed by atoms with E-state index in [4.69, 9.17) is 10.8 Å². The number of aromatic carboxylic acids is 1. The number of Topliss-reactive ketones (excluding diaryl/α,β-unsaturated/α-hetero) is 1. The van der Waals surface area contributed by atoms with Gasteiger partial charge in [-0.2, -0.15) is 0 Å². The van der Waals surface area contributed by atoms with E-state index in [0.717, 1.165) is 12.8 Å². The number of pyridine rings is 1. The van der Waals surface area contributed by atoms with E-state index in [-0.39, 0.29) is 22.7 Å². The largest absolute Gasteiger partial charge is 0.476 e. The van der Waals surface area contributed by atoms with E-state index in [1.165, 1.54) is 31.5 Å². The molecular weight excluding hydrogens is 244 g/mol. The molecule has 1 aliphatic rings. The average molecular weight is 262 g/mol. The fourth-order valence-corrected chi connectivity index (χ4v) is 2.65. The molecule has 0 atom stereocenters. The highest BCUT2D eigenvalue weighted by atomic mass is 16.4. The van der Waals surface area contributed by atoms with Crippen molar-refractivity contribution in [2.45, 2.75) is 38.5 Å². The Morgan fingerprint density at radius 2 is 2.00 bits per heavy atom. The summed E-state index contributed by atoms with van der Waals surface area (Å²) in [5.74, 6) is -0.874. The molecule has 1 aromatic rings. The number of nitrogen functional groups attached to an aromatic ring is 1. The molecule has 0 bridgehead atoms. The van der Waals surface area contributed by atoms with Crippen molar-refractivity contribution in [3.05, 3.63) is 23.5 Å². The quantitative estimate of drug-likeness (QED) is 0.813. The lowest BCUT2D eigenvalue weighted by atomic mass is 9.84. The minimum absolute atomic E-state index is 0.0178. The molecule has 1 aliphatic carbocycles. The lowest BCUT2D eigenvalue weighted by Crippen LogP contribution is -2.15. The number of rotatable bonds is 4. The molecule has 3 N–H and O–H groups in total. The highest BCUT2D eigenvalue weighted by molar-refractivity contribution is 6.05. The van der Waals surface area contributed by atoms with E-state index in [1.54, 1.807) is 0 Å². The van der Waals surface area contributed by atoms with Crippen LogP contribution in [0.15, 0.2) is 12.3 Å². The number of carbonyl (C=O) groups excluding carboxylic acids is 1. The van der Waals surface area contributed by atoms with Crippen LogP contribution in [-0.4, -0.2) is 21.8 Å². The molecule has 0 aliphatic heterocycles. The molecule has 0 amide bonds. The summed E-state index contributed by atoms with van der Waals surface area (Å²) in [6, 6.07) is 1.51. The predicted molar refractivity (Wildman–Crippen MR) is 71.1 cm³/mol. The van der Waals surface area contributed by atoms with Gasteiger partial charge in [0, 0.05) is 18.2 Å². The molecule has 1 fully saturated rings. The van der Waals surface area contributed by atoms with Crippen molar-refractivity contribution >= 4 is 17.4 Å². The van der Waals surface area contributed by atoms with E-state index in [0.29, 0.717) is 12.3 Å². The topological polar surface area (TPSA) is 93.3 Å². The lowest BCUT2D eigenvalue weighted by Gasteiger charge is -2.21. The average Bonchev–Trinajstić information content (AvgIpc) is 2.39. The summed E-state index contributed by atoms with van der Waals surface area (Å²) in [5, 5.41) is 8.94. The van der Waals surface area contributed by atoms with Gasteiger partial charge in [0.1, 0.15) is 0 Å². The Morgan fingerprint density at radius 1 is 1.32 bits per heavy atom. The highest BCUT2D eigenvalue weighted by Gasteiger charge is 2.21. The van der Waals surface area contributed by atoms with Gasteiger partial charge in [-0.05, 0) is 12.0 Å². The van der Waals surface area contributed by atoms with Gasteiger partial charge < -0.3 is 10.8 Å². The minimum Gasteiger partial charge on any atom is -0.476 e. The standard InChI is InChI=1S/C14H18N2O3/c15-12-10(6-7-16-13(12)14(18)19)11(17)8-9-4-2-1-3-5-9/h6-7,9H,1-5,8,15H2,(H,18,19). The third-order valence-corrected chi connectivity index (χ3v) is 3.69. The van der Waals surface area contributed by atoms with Crippen LogP contribution in [-0.2, 0) is 0 Å². The number of nitrogens with zero attached hydrogens (tertiary/aromatic N) is 1. The second-order valence-corrected chi connectivity index (χ2v) is 5.06. The van der Waals surface area contributed by atoms with Crippen molar-refractivity contribution in [3.8, 4) is 0 Å². The number of carboxylic acid groups (broad SMARTS) is 1. The molecule has 1 heterocycles. The van der Waals surface area contributed by atoms with Crippen LogP contribution in [0.25, 0.3) is 0 Å². The number of nitrogens with two attached hydrogens (primary N) is 1. The predicted octanol–water partition coefficient (Wildman–Crippen LogP) is 2.52. The van der Waals surface area contributed by atoms with Crippen molar-refractivity contribution < 1.29 is 14.7 Å². The molecule has 0 spiro atoms. The molecule has 0 aromatic carbocycles. The molecule has 0 saturated heterocycles. The van der Waals surface area contributed by atoms with Crippen molar-refractivity contribution in [1.29, 1.82) is 0 Å². The maximum atomic E-state index is 12.2. The third kappa shape index (κ3) is 3.10. The first-order valence-corrected chi connectivity index (χ1v) is 6.60. The second-order valence-electron chi connectivity index (χ2n) is 5.06. The zero-order chi connectivity index (χ0) is 13.8. The maximum absolute atomic E-state index is 12.2. The van der Waals surface area contributed by atoms with Crippen LogP contribution in [0.1, 0.15) is 59.4 Å². The van der Waals surface area contributed by atoms with E-state index in [2.05, 4.69) is 4.98 Å². The van der Waals surface area contributed by atoms with Crippen LogP contribution in [0.3, 0.4) is 0 Å². The first-order chi connectivity index (χ1) is 9.09. The maximum Gasteiger partial charge on any atom is 0.356 e. The molecular formula is C14H18N2O3. The number of anilines is 1. The highest BCUT2D eigenvalue weighted by Crippen LogP contribution is 2.28. The summed E-state index contributed by atoms with van der Waals surface area (Å²) in [5.41, 5.74) is 5.76. The van der Waals surface area contributed by atoms with Gasteiger partial charge in [-0.15, -0.1) is 0 Å². The van der Waals surface area contributed by atoms with Crippen molar-refractivity contribution in [2.24, 2.45) is 5.92 Å². The van der Waals surface area contributed by atoms with Gasteiger partial charge in [0.25, 0.3) is 0 Å². The zero-order valence-corrected chi connectivity index (χ0v) is 10.8. The summed E-state index contributed by atoms with van der Waals surface area (Å²) >= 11 is 0. The van der Waals surface area contributed by atoms with Gasteiger partial charge in [0.05, 0.1) is 5.69 Å². The van der Waals surface area contributed by atoms with Gasteiger partial charge in [-0.1, -0.05) is 32.1 Å². The zero-order valence-electron chi connectivity index (χ0n) is 10.8. The van der Waals surface area contributed by atoms with Gasteiger partial charge in [-0.25, -0.2) is 9.78 Å². The molecule has 5 heteroatoms. The number of hydrogen-bond donors (Lipinski definition) is 2. The Kier molecular flexibility index (Phi) is 4.14. The first-order valence-electron chi connectivity index (χ1n) is 6.60. The molecule has 1 saturated carbocycles. The molecule has 1 aromatic heterocycles. The molecule has 19 heavy (non-hydrogen) atoms. The third-order valence-electron chi connectivity index (χ3n) is 3.69. The second kappa shape index (κ2) is 5.82. The molecule has 0 unspecified atom stereocenters. The van der Waals surface area contributed by atoms with E-state index < -0.39 is 5.97 Å². The number of ketones is 1. The van der Waals surface area contributed by atoms with Gasteiger partial charge >= 0.3 is 5.97 Å². The Bertz CT molecular complexity index is 493. The smallest absolute Gasteiger partial charge is 0.356 e. The van der Waals surface area contributed by atoms with Crippen LogP contribution >= 0.6 is 0 Å². The Morgan fingerprint density at radius 3 is 2.63 bits per heavy atom. The summed E-state index contributed by atoms with van der Waals surface area (Å²) in [4.78, 5) is 26.8. The van der Waals surface area contributed by atoms with Crippen LogP contribution < -0.4 is 5.73 Å². The monoisotopic (exact) mass is 262 g/mol. The van der Waals surface area contributed by atoms with Crippen LogP contribution in [0, 0.1) is 5.92 Å². The summed E-state index contributed by atoms with van der Waals surface area (Å²) in [6.45, 7) is 0. The fourth-order valence-electron chi connectivity index (χ4n) is 2.65. The van der Waals surface area contributed by atoms with Gasteiger partial charge in [-0.3, -0.25) is 4.79 Å². The van der Waals surface area contributed by atoms with Crippen molar-refractivity contribution in [1.82, 2.24) is 4.98 Å². The van der Waals surface area contributed by atoms with Gasteiger partial charge in [0.15, 0.2) is 11.5 Å². The fraction of sp³-hybridized carbons (Fsp3) is 0.500. The molecule has 2 rings (SSSR count). The van der Waals surface area contributed by atoms with Crippen molar-refractivity contribution in [3.63, 3.8) is 0 Å². The van der Waals surface area contributed by atoms with Gasteiger partial charge in [0.2, 0.25) is 0 Å². The Hall–Kier alpha value is -1.91. The minimum atomic E-state index is -1.20. The first kappa shape index (κ1) is 13.5. The van der Waals surface area contributed by atoms with Crippen LogP contribution in [0.5, 0.6) is 0 Å². The van der Waals surface area contributed by atoms with E-state index >= 15 is 0 Å². The van der Waals surface area contributed by atoms with E-state index in [9.17, 15) is 9.59 Å². The summed E-state index contributed by atoms with van der Waals surface area (Å²) in [7, 11) is 0. The number of carbonyl (C=O) groups is 2. The number of hydrogen-bond acceptors (Lipinski definition) is 4. The van der Waals surface area contributed by atoms with Crippen LogP contribution in [0.2, 0.25) is 0 Å². The summed E-state index contributed by atoms with van der Waals surface area (Å²) < 4.78 is 0.